The van der Waals surface area contributed by atoms with Gasteiger partial charge in [-0.3, -0.25) is 9.10 Å². The number of carbonyl (C=O) groups excluding carboxylic acids is 1. The van der Waals surface area contributed by atoms with E-state index in [1.807, 2.05) is 50.2 Å². The van der Waals surface area contributed by atoms with E-state index in [0.29, 0.717) is 29.3 Å². The summed E-state index contributed by atoms with van der Waals surface area (Å²) in [5.41, 5.74) is 4.71. The van der Waals surface area contributed by atoms with Gasteiger partial charge in [-0.1, -0.05) is 30.3 Å². The van der Waals surface area contributed by atoms with E-state index in [1.54, 1.807) is 24.3 Å². The minimum atomic E-state index is -3.49. The van der Waals surface area contributed by atoms with Gasteiger partial charge in [-0.25, -0.2) is 8.42 Å². The fourth-order valence-corrected chi connectivity index (χ4v) is 4.57. The van der Waals surface area contributed by atoms with Gasteiger partial charge in [-0.05, 0) is 66.4 Å². The first kappa shape index (κ1) is 22.7. The molecule has 33 heavy (non-hydrogen) atoms. The maximum Gasteiger partial charge on any atom is 0.251 e. The first-order chi connectivity index (χ1) is 15.7. The highest BCUT2D eigenvalue weighted by molar-refractivity contribution is 7.92. The van der Waals surface area contributed by atoms with Crippen LogP contribution < -0.4 is 19.1 Å². The van der Waals surface area contributed by atoms with Crippen molar-refractivity contribution in [2.75, 3.05) is 17.4 Å². The fourth-order valence-electron chi connectivity index (χ4n) is 3.63. The van der Waals surface area contributed by atoms with E-state index >= 15 is 0 Å². The third-order valence-electron chi connectivity index (χ3n) is 5.47. The first-order valence-electron chi connectivity index (χ1n) is 10.5. The van der Waals surface area contributed by atoms with Gasteiger partial charge in [0, 0.05) is 12.1 Å². The van der Waals surface area contributed by atoms with Crippen molar-refractivity contribution >= 4 is 21.6 Å². The zero-order chi connectivity index (χ0) is 23.6. The normalized spacial score (nSPS) is 12.5. The summed E-state index contributed by atoms with van der Waals surface area (Å²) in [6.45, 7) is 4.56. The van der Waals surface area contributed by atoms with Crippen LogP contribution in [0, 0.1) is 13.8 Å². The van der Waals surface area contributed by atoms with Gasteiger partial charge in [0.05, 0.1) is 18.5 Å². The second-order valence-corrected chi connectivity index (χ2v) is 10.0. The summed E-state index contributed by atoms with van der Waals surface area (Å²) in [7, 11) is -3.49. The molecular weight excluding hydrogens is 440 g/mol. The maximum atomic E-state index is 12.6. The van der Waals surface area contributed by atoms with Crippen molar-refractivity contribution in [3.8, 4) is 11.5 Å². The number of hydrogen-bond acceptors (Lipinski definition) is 5. The van der Waals surface area contributed by atoms with E-state index < -0.39 is 10.0 Å². The SMILES string of the molecule is Cc1ccc(C)c(N(Cc2ccc(C(=O)NCc3ccc4c(c3)OCO4)cc2)S(C)(=O)=O)c1. The average Bonchev–Trinajstić information content (AvgIpc) is 3.25. The Bertz CT molecular complexity index is 1290. The monoisotopic (exact) mass is 466 g/mol. The Hall–Kier alpha value is -3.52. The molecule has 0 aromatic heterocycles. The molecule has 0 bridgehead atoms. The van der Waals surface area contributed by atoms with Crippen LogP contribution in [-0.2, 0) is 23.1 Å². The largest absolute Gasteiger partial charge is 0.454 e. The molecule has 4 rings (SSSR count). The highest BCUT2D eigenvalue weighted by Gasteiger charge is 2.20. The molecule has 1 N–H and O–H groups in total. The molecule has 1 heterocycles. The van der Waals surface area contributed by atoms with E-state index in [0.717, 1.165) is 22.3 Å². The van der Waals surface area contributed by atoms with Gasteiger partial charge < -0.3 is 14.8 Å². The lowest BCUT2D eigenvalue weighted by molar-refractivity contribution is 0.0951. The maximum absolute atomic E-state index is 12.6. The molecule has 0 spiro atoms. The average molecular weight is 467 g/mol. The molecule has 8 heteroatoms. The highest BCUT2D eigenvalue weighted by Crippen LogP contribution is 2.32. The molecule has 172 valence electrons. The van der Waals surface area contributed by atoms with E-state index in [9.17, 15) is 13.2 Å². The van der Waals surface area contributed by atoms with Crippen LogP contribution in [-0.4, -0.2) is 27.4 Å². The fraction of sp³-hybridized carbons (Fsp3) is 0.240. The van der Waals surface area contributed by atoms with Crippen molar-refractivity contribution in [3.05, 3.63) is 88.5 Å². The summed E-state index contributed by atoms with van der Waals surface area (Å²) in [6.07, 6.45) is 1.20. The molecule has 0 radical (unpaired) electrons. The summed E-state index contributed by atoms with van der Waals surface area (Å²) in [6, 6.07) is 18.2. The Morgan fingerprint density at radius 1 is 0.939 bits per heavy atom. The molecule has 3 aromatic carbocycles. The zero-order valence-electron chi connectivity index (χ0n) is 18.8. The quantitative estimate of drug-likeness (QED) is 0.570. The van der Waals surface area contributed by atoms with Crippen molar-refractivity contribution < 1.29 is 22.7 Å². The molecule has 0 aliphatic carbocycles. The number of fused-ring (bicyclic) bond motifs is 1. The van der Waals surface area contributed by atoms with Crippen LogP contribution in [0.5, 0.6) is 11.5 Å². The molecule has 1 aliphatic heterocycles. The van der Waals surface area contributed by atoms with Crippen LogP contribution in [0.4, 0.5) is 5.69 Å². The van der Waals surface area contributed by atoms with Crippen molar-refractivity contribution in [2.24, 2.45) is 0 Å². The van der Waals surface area contributed by atoms with E-state index in [4.69, 9.17) is 9.47 Å². The molecule has 0 fully saturated rings. The lowest BCUT2D eigenvalue weighted by Gasteiger charge is -2.25. The number of carbonyl (C=O) groups is 1. The van der Waals surface area contributed by atoms with Gasteiger partial charge in [0.25, 0.3) is 5.91 Å². The van der Waals surface area contributed by atoms with Gasteiger partial charge in [0.2, 0.25) is 16.8 Å². The topological polar surface area (TPSA) is 84.9 Å². The number of rotatable bonds is 7. The Labute approximate surface area is 194 Å². The lowest BCUT2D eigenvalue weighted by Crippen LogP contribution is -2.30. The molecule has 1 amide bonds. The predicted molar refractivity (Wildman–Crippen MR) is 127 cm³/mol. The van der Waals surface area contributed by atoms with Crippen molar-refractivity contribution in [1.82, 2.24) is 5.32 Å². The predicted octanol–water partition coefficient (Wildman–Crippen LogP) is 3.93. The van der Waals surface area contributed by atoms with Gasteiger partial charge in [0.15, 0.2) is 11.5 Å². The number of benzene rings is 3. The second kappa shape index (κ2) is 9.15. The summed E-state index contributed by atoms with van der Waals surface area (Å²) in [4.78, 5) is 12.6. The summed E-state index contributed by atoms with van der Waals surface area (Å²) >= 11 is 0. The summed E-state index contributed by atoms with van der Waals surface area (Å²) in [5.74, 6) is 1.16. The Morgan fingerprint density at radius 2 is 1.64 bits per heavy atom. The van der Waals surface area contributed by atoms with E-state index in [1.165, 1.54) is 10.6 Å². The van der Waals surface area contributed by atoms with Crippen LogP contribution in [0.25, 0.3) is 0 Å². The van der Waals surface area contributed by atoms with Crippen molar-refractivity contribution in [2.45, 2.75) is 26.9 Å². The smallest absolute Gasteiger partial charge is 0.251 e. The van der Waals surface area contributed by atoms with Crippen LogP contribution in [0.1, 0.15) is 32.6 Å². The van der Waals surface area contributed by atoms with Crippen molar-refractivity contribution in [1.29, 1.82) is 0 Å². The Morgan fingerprint density at radius 3 is 2.36 bits per heavy atom. The number of ether oxygens (including phenoxy) is 2. The van der Waals surface area contributed by atoms with Crippen molar-refractivity contribution in [3.63, 3.8) is 0 Å². The van der Waals surface area contributed by atoms with E-state index in [2.05, 4.69) is 5.32 Å². The molecule has 3 aromatic rings. The second-order valence-electron chi connectivity index (χ2n) is 8.13. The van der Waals surface area contributed by atoms with Crippen LogP contribution in [0.3, 0.4) is 0 Å². The lowest BCUT2D eigenvalue weighted by atomic mass is 10.1. The van der Waals surface area contributed by atoms with Gasteiger partial charge in [-0.2, -0.15) is 0 Å². The number of amides is 1. The van der Waals surface area contributed by atoms with Gasteiger partial charge >= 0.3 is 0 Å². The third-order valence-corrected chi connectivity index (χ3v) is 6.59. The molecular formula is C25H26N2O5S. The van der Waals surface area contributed by atoms with E-state index in [-0.39, 0.29) is 19.2 Å². The standard InChI is InChI=1S/C25H26N2O5S/c1-17-4-5-18(2)22(12-17)27(33(3,29)30)15-19-6-9-21(10-7-19)25(28)26-14-20-8-11-23-24(13-20)32-16-31-23/h4-13H,14-16H2,1-3H3,(H,26,28). The Kier molecular flexibility index (Phi) is 6.29. The first-order valence-corrected chi connectivity index (χ1v) is 12.4. The number of nitrogens with one attached hydrogen (secondary N) is 1. The molecule has 1 aliphatic rings. The van der Waals surface area contributed by atoms with Crippen LogP contribution in [0.2, 0.25) is 0 Å². The third kappa shape index (κ3) is 5.28. The molecule has 0 unspecified atom stereocenters. The number of nitrogens with zero attached hydrogens (tertiary/aromatic N) is 1. The molecule has 7 nitrogen and oxygen atoms in total. The number of sulfonamides is 1. The minimum absolute atomic E-state index is 0.183. The van der Waals surface area contributed by atoms with Gasteiger partial charge in [0.1, 0.15) is 0 Å². The number of hydrogen-bond donors (Lipinski definition) is 1. The summed E-state index contributed by atoms with van der Waals surface area (Å²) in [5, 5.41) is 2.89. The minimum Gasteiger partial charge on any atom is -0.454 e. The highest BCUT2D eigenvalue weighted by atomic mass is 32.2. The molecule has 0 saturated carbocycles. The zero-order valence-corrected chi connectivity index (χ0v) is 19.6. The van der Waals surface area contributed by atoms with Crippen LogP contribution in [0.15, 0.2) is 60.7 Å². The molecule has 0 atom stereocenters. The summed E-state index contributed by atoms with van der Waals surface area (Å²) < 4.78 is 37.1. The Balaban J connectivity index is 1.44. The number of aryl methyl sites for hydroxylation is 2. The van der Waals surface area contributed by atoms with Crippen LogP contribution >= 0.6 is 0 Å². The number of anilines is 1. The van der Waals surface area contributed by atoms with Gasteiger partial charge in [-0.15, -0.1) is 0 Å². The molecule has 0 saturated heterocycles.